The molecule has 0 radical (unpaired) electrons. The number of rotatable bonds is 4. The Labute approximate surface area is 167 Å². The number of aliphatic hydroxyl groups is 1. The van der Waals surface area contributed by atoms with E-state index in [0.29, 0.717) is 21.8 Å². The topological polar surface area (TPSA) is 108 Å². The zero-order chi connectivity index (χ0) is 20.4. The molecule has 1 spiro atoms. The fraction of sp³-hybridized carbons (Fsp3) is 0.526. The van der Waals surface area contributed by atoms with Crippen molar-refractivity contribution in [1.82, 2.24) is 10.2 Å². The molecule has 3 aliphatic rings. The van der Waals surface area contributed by atoms with Gasteiger partial charge in [0.1, 0.15) is 5.54 Å². The van der Waals surface area contributed by atoms with Gasteiger partial charge in [-0.3, -0.25) is 24.6 Å². The van der Waals surface area contributed by atoms with E-state index in [-0.39, 0.29) is 13.2 Å². The van der Waals surface area contributed by atoms with Gasteiger partial charge in [0.05, 0.1) is 36.8 Å². The van der Waals surface area contributed by atoms with E-state index in [9.17, 15) is 19.5 Å². The van der Waals surface area contributed by atoms with Crippen LogP contribution >= 0.6 is 11.6 Å². The second kappa shape index (κ2) is 6.52. The van der Waals surface area contributed by atoms with E-state index in [1.54, 1.807) is 26.0 Å². The summed E-state index contributed by atoms with van der Waals surface area (Å²) in [4.78, 5) is 40.6. The van der Waals surface area contributed by atoms with Crippen LogP contribution in [0.3, 0.4) is 0 Å². The first-order chi connectivity index (χ1) is 13.3. The number of nitrogens with one attached hydrogen (secondary N) is 2. The third kappa shape index (κ3) is 2.32. The van der Waals surface area contributed by atoms with Crippen molar-refractivity contribution in [2.45, 2.75) is 31.5 Å². The minimum atomic E-state index is -1.43. The highest BCUT2D eigenvalue weighted by atomic mass is 35.5. The van der Waals surface area contributed by atoms with E-state index in [4.69, 9.17) is 16.3 Å². The van der Waals surface area contributed by atoms with Crippen LogP contribution in [0.4, 0.5) is 5.69 Å². The zero-order valence-electron chi connectivity index (χ0n) is 15.8. The summed E-state index contributed by atoms with van der Waals surface area (Å²) in [5, 5.41) is 16.8. The number of likely N-dealkylation sites (tertiary alicyclic amines) is 1. The minimum absolute atomic E-state index is 0.109. The molecular weight excluding hydrogens is 386 g/mol. The van der Waals surface area contributed by atoms with Crippen molar-refractivity contribution >= 4 is 35.0 Å². The molecule has 0 unspecified atom stereocenters. The molecule has 3 amide bonds. The van der Waals surface area contributed by atoms with E-state index in [1.807, 2.05) is 0 Å². The van der Waals surface area contributed by atoms with E-state index >= 15 is 0 Å². The van der Waals surface area contributed by atoms with Gasteiger partial charge in [0.25, 0.3) is 0 Å². The van der Waals surface area contributed by atoms with Crippen LogP contribution in [-0.2, 0) is 24.7 Å². The van der Waals surface area contributed by atoms with Gasteiger partial charge in [-0.2, -0.15) is 0 Å². The van der Waals surface area contributed by atoms with Crippen LogP contribution < -0.4 is 10.6 Å². The number of hydrogen-bond acceptors (Lipinski definition) is 6. The van der Waals surface area contributed by atoms with Gasteiger partial charge in [0.2, 0.25) is 17.7 Å². The van der Waals surface area contributed by atoms with Gasteiger partial charge in [0, 0.05) is 23.7 Å². The van der Waals surface area contributed by atoms with E-state index in [2.05, 4.69) is 10.6 Å². The summed E-state index contributed by atoms with van der Waals surface area (Å²) in [5.41, 5.74) is 0.389. The van der Waals surface area contributed by atoms with Crippen molar-refractivity contribution in [3.63, 3.8) is 0 Å². The monoisotopic (exact) mass is 407 g/mol. The standard InChI is InChI=1S/C19H22ClN3O5/c1-8-11(20)5-4-10-14(8)21-18(27)19(10)13-12(15(22-19)9(2)24)16(25)23(17(13)26)6-7-28-3/h4-5,9,12-13,15,22,24H,6-7H2,1-3H3,(H,21,27)/t9-,12-,13+,15-,19-/m0/s1. The van der Waals surface area contributed by atoms with Crippen molar-refractivity contribution in [3.05, 3.63) is 28.3 Å². The molecule has 0 saturated carbocycles. The normalized spacial score (nSPS) is 32.1. The molecule has 1 aromatic rings. The largest absolute Gasteiger partial charge is 0.392 e. The number of anilines is 1. The second-order valence-corrected chi connectivity index (χ2v) is 8.00. The molecule has 3 N–H and O–H groups in total. The van der Waals surface area contributed by atoms with Crippen LogP contribution in [-0.4, -0.2) is 60.1 Å². The SMILES string of the molecule is COCCN1C(=O)[C@@H]2[C@H]([C@H](C)O)N[C@]3(C(=O)Nc4c3ccc(Cl)c4C)[C@H]2C1=O. The van der Waals surface area contributed by atoms with Crippen LogP contribution in [0.15, 0.2) is 12.1 Å². The van der Waals surface area contributed by atoms with E-state index in [0.717, 1.165) is 4.90 Å². The summed E-state index contributed by atoms with van der Waals surface area (Å²) in [6.45, 7) is 3.64. The first-order valence-corrected chi connectivity index (χ1v) is 9.54. The number of carbonyl (C=O) groups is 3. The average molecular weight is 408 g/mol. The molecule has 3 heterocycles. The predicted octanol–water partition coefficient (Wildman–Crippen LogP) is 0.396. The summed E-state index contributed by atoms with van der Waals surface area (Å²) < 4.78 is 5.02. The molecule has 4 rings (SSSR count). The van der Waals surface area contributed by atoms with Gasteiger partial charge in [-0.05, 0) is 25.5 Å². The zero-order valence-corrected chi connectivity index (χ0v) is 16.5. The number of ether oxygens (including phenoxy) is 1. The molecule has 150 valence electrons. The van der Waals surface area contributed by atoms with Gasteiger partial charge in [-0.25, -0.2) is 0 Å². The van der Waals surface area contributed by atoms with E-state index < -0.39 is 47.2 Å². The second-order valence-electron chi connectivity index (χ2n) is 7.59. The summed E-state index contributed by atoms with van der Waals surface area (Å²) in [7, 11) is 1.49. The van der Waals surface area contributed by atoms with E-state index in [1.165, 1.54) is 7.11 Å². The Hall–Kier alpha value is -2.00. The van der Waals surface area contributed by atoms with Gasteiger partial charge in [-0.1, -0.05) is 17.7 Å². The first kappa shape index (κ1) is 19.3. The lowest BCUT2D eigenvalue weighted by molar-refractivity contribution is -0.143. The highest BCUT2D eigenvalue weighted by Crippen LogP contribution is 2.54. The number of amides is 3. The fourth-order valence-electron chi connectivity index (χ4n) is 4.80. The number of hydrogen-bond donors (Lipinski definition) is 3. The van der Waals surface area contributed by atoms with Crippen molar-refractivity contribution in [2.24, 2.45) is 11.8 Å². The number of fused-ring (bicyclic) bond motifs is 4. The maximum Gasteiger partial charge on any atom is 0.250 e. The Bertz CT molecular complexity index is 889. The van der Waals surface area contributed by atoms with Crippen LogP contribution in [0.5, 0.6) is 0 Å². The maximum atomic E-state index is 13.3. The average Bonchev–Trinajstić information content (AvgIpc) is 3.23. The summed E-state index contributed by atoms with van der Waals surface area (Å²) in [6.07, 6.45) is -0.934. The summed E-state index contributed by atoms with van der Waals surface area (Å²) in [6, 6.07) is 2.64. The Kier molecular flexibility index (Phi) is 4.50. The number of carbonyl (C=O) groups excluding carboxylic acids is 3. The Morgan fingerprint density at radius 3 is 2.68 bits per heavy atom. The van der Waals surface area contributed by atoms with Crippen molar-refractivity contribution in [2.75, 3.05) is 25.6 Å². The minimum Gasteiger partial charge on any atom is -0.392 e. The lowest BCUT2D eigenvalue weighted by Gasteiger charge is -2.30. The Morgan fingerprint density at radius 2 is 2.04 bits per heavy atom. The predicted molar refractivity (Wildman–Crippen MR) is 101 cm³/mol. The molecule has 1 aromatic carbocycles. The number of aliphatic hydroxyl groups excluding tert-OH is 1. The van der Waals surface area contributed by atoms with Crippen LogP contribution in [0, 0.1) is 18.8 Å². The third-order valence-corrected chi connectivity index (χ3v) is 6.56. The number of halogens is 1. The molecule has 0 bridgehead atoms. The molecular formula is C19H22ClN3O5. The van der Waals surface area contributed by atoms with Crippen molar-refractivity contribution in [1.29, 1.82) is 0 Å². The molecule has 5 atom stereocenters. The molecule has 3 aliphatic heterocycles. The smallest absolute Gasteiger partial charge is 0.250 e. The fourth-order valence-corrected chi connectivity index (χ4v) is 4.95. The van der Waals surface area contributed by atoms with Crippen LogP contribution in [0.2, 0.25) is 5.02 Å². The highest BCUT2D eigenvalue weighted by molar-refractivity contribution is 6.32. The molecule has 9 heteroatoms. The van der Waals surface area contributed by atoms with Crippen LogP contribution in [0.1, 0.15) is 18.1 Å². The number of nitrogens with zero attached hydrogens (tertiary/aromatic N) is 1. The molecule has 2 saturated heterocycles. The molecule has 0 aliphatic carbocycles. The maximum absolute atomic E-state index is 13.3. The van der Waals surface area contributed by atoms with Crippen molar-refractivity contribution in [3.8, 4) is 0 Å². The van der Waals surface area contributed by atoms with Gasteiger partial charge < -0.3 is 15.2 Å². The Balaban J connectivity index is 1.88. The third-order valence-electron chi connectivity index (χ3n) is 6.15. The number of benzene rings is 1. The Morgan fingerprint density at radius 1 is 1.32 bits per heavy atom. The highest BCUT2D eigenvalue weighted by Gasteiger charge is 2.71. The quantitative estimate of drug-likeness (QED) is 0.623. The molecule has 2 fully saturated rings. The lowest BCUT2D eigenvalue weighted by Crippen LogP contribution is -2.55. The van der Waals surface area contributed by atoms with Gasteiger partial charge in [0.15, 0.2) is 0 Å². The molecule has 28 heavy (non-hydrogen) atoms. The number of imide groups is 1. The molecule has 8 nitrogen and oxygen atoms in total. The summed E-state index contributed by atoms with van der Waals surface area (Å²) >= 11 is 6.20. The van der Waals surface area contributed by atoms with Crippen molar-refractivity contribution < 1.29 is 24.2 Å². The summed E-state index contributed by atoms with van der Waals surface area (Å²) in [5.74, 6) is -3.02. The molecule has 0 aromatic heterocycles. The number of methoxy groups -OCH3 is 1. The van der Waals surface area contributed by atoms with Crippen LogP contribution in [0.25, 0.3) is 0 Å². The van der Waals surface area contributed by atoms with Gasteiger partial charge >= 0.3 is 0 Å². The van der Waals surface area contributed by atoms with Gasteiger partial charge in [-0.15, -0.1) is 0 Å². The first-order valence-electron chi connectivity index (χ1n) is 9.16. The lowest BCUT2D eigenvalue weighted by atomic mass is 9.76.